The summed E-state index contributed by atoms with van der Waals surface area (Å²) in [5.41, 5.74) is -0.656. The monoisotopic (exact) mass is 247 g/mol. The number of likely N-dealkylation sites (tertiary alicyclic amines) is 1. The molecule has 0 aromatic heterocycles. The van der Waals surface area contributed by atoms with Crippen LogP contribution in [0.5, 0.6) is 0 Å². The molecule has 2 aliphatic rings. The Morgan fingerprint density at radius 3 is 2.56 bits per heavy atom. The largest absolute Gasteiger partial charge is 0.494 e. The summed E-state index contributed by atoms with van der Waals surface area (Å²) in [4.78, 5) is 13.1. The van der Waals surface area contributed by atoms with E-state index in [2.05, 4.69) is 5.32 Å². The van der Waals surface area contributed by atoms with Crippen molar-refractivity contribution in [1.82, 2.24) is 5.32 Å². The van der Waals surface area contributed by atoms with Gasteiger partial charge < -0.3 is 10.0 Å². The van der Waals surface area contributed by atoms with Gasteiger partial charge in [-0.25, -0.2) is 0 Å². The third-order valence-electron chi connectivity index (χ3n) is 4.03. The van der Waals surface area contributed by atoms with E-state index < -0.39 is 17.2 Å². The predicted octanol–water partition coefficient (Wildman–Crippen LogP) is -1.16. The second-order valence-corrected chi connectivity index (χ2v) is 5.00. The van der Waals surface area contributed by atoms with Crippen LogP contribution in [-0.2, 0) is 4.79 Å². The SMILES string of the molecule is C[NH+]1CCC2(CC1)C(C#N)=C(O)NC(=O)[C@@H]2C#N. The van der Waals surface area contributed by atoms with E-state index in [1.807, 2.05) is 19.2 Å². The van der Waals surface area contributed by atoms with Crippen LogP contribution in [0, 0.1) is 34.0 Å². The standard InChI is InChI=1S/C12H14N4O2/c1-16-4-2-12(3-5-16)8(6-13)10(17)15-11(18)9(12)7-14/h8,18H,2-5H2,1H3,(H,15,17)/p+1/t8-/m0/s1. The first kappa shape index (κ1) is 12.4. The van der Waals surface area contributed by atoms with Crippen LogP contribution < -0.4 is 10.2 Å². The Morgan fingerprint density at radius 1 is 1.44 bits per heavy atom. The molecule has 0 saturated carbocycles. The Balaban J connectivity index is 2.51. The molecule has 2 rings (SSSR count). The fourth-order valence-corrected chi connectivity index (χ4v) is 2.89. The molecule has 6 heteroatoms. The van der Waals surface area contributed by atoms with Gasteiger partial charge in [-0.2, -0.15) is 10.5 Å². The third-order valence-corrected chi connectivity index (χ3v) is 4.03. The molecule has 0 radical (unpaired) electrons. The van der Waals surface area contributed by atoms with Crippen molar-refractivity contribution >= 4 is 5.91 Å². The van der Waals surface area contributed by atoms with Gasteiger partial charge in [0.2, 0.25) is 11.8 Å². The molecule has 0 unspecified atom stereocenters. The number of hydrogen-bond donors (Lipinski definition) is 3. The van der Waals surface area contributed by atoms with Gasteiger partial charge in [0.15, 0.2) is 0 Å². The van der Waals surface area contributed by atoms with Crippen molar-refractivity contribution in [2.45, 2.75) is 12.8 Å². The van der Waals surface area contributed by atoms with Crippen LogP contribution in [0.15, 0.2) is 11.5 Å². The highest BCUT2D eigenvalue weighted by molar-refractivity contribution is 5.86. The van der Waals surface area contributed by atoms with Crippen molar-refractivity contribution in [2.24, 2.45) is 11.3 Å². The number of aliphatic hydroxyl groups excluding tert-OH is 1. The average Bonchev–Trinajstić information content (AvgIpc) is 2.33. The Hall–Kier alpha value is -2.05. The molecule has 0 bridgehead atoms. The summed E-state index contributed by atoms with van der Waals surface area (Å²) in [5, 5.41) is 30.4. The highest BCUT2D eigenvalue weighted by Gasteiger charge is 2.53. The van der Waals surface area contributed by atoms with Crippen LogP contribution in [0.4, 0.5) is 0 Å². The van der Waals surface area contributed by atoms with Crippen molar-refractivity contribution in [1.29, 1.82) is 10.5 Å². The van der Waals surface area contributed by atoms with Gasteiger partial charge in [0.05, 0.1) is 31.8 Å². The van der Waals surface area contributed by atoms with Crippen molar-refractivity contribution in [3.05, 3.63) is 11.5 Å². The zero-order valence-corrected chi connectivity index (χ0v) is 10.2. The molecule has 0 aromatic rings. The summed E-state index contributed by atoms with van der Waals surface area (Å²) in [5.74, 6) is -1.78. The van der Waals surface area contributed by atoms with Gasteiger partial charge in [-0.15, -0.1) is 0 Å². The maximum absolute atomic E-state index is 11.8. The van der Waals surface area contributed by atoms with E-state index in [9.17, 15) is 20.4 Å². The van der Waals surface area contributed by atoms with E-state index in [4.69, 9.17) is 0 Å². The molecule has 2 heterocycles. The predicted molar refractivity (Wildman–Crippen MR) is 60.8 cm³/mol. The molecule has 0 aromatic carbocycles. The van der Waals surface area contributed by atoms with Gasteiger partial charge in [-0.1, -0.05) is 0 Å². The first-order valence-electron chi connectivity index (χ1n) is 5.91. The lowest BCUT2D eigenvalue weighted by Gasteiger charge is -2.42. The lowest BCUT2D eigenvalue weighted by Crippen LogP contribution is -3.10. The molecule has 1 amide bonds. The van der Waals surface area contributed by atoms with Gasteiger partial charge >= 0.3 is 0 Å². The molecule has 6 nitrogen and oxygen atoms in total. The number of aliphatic hydroxyl groups is 1. The number of carbonyl (C=O) groups is 1. The summed E-state index contributed by atoms with van der Waals surface area (Å²) in [6.45, 7) is 1.56. The van der Waals surface area contributed by atoms with E-state index in [0.717, 1.165) is 13.1 Å². The number of allylic oxidation sites excluding steroid dienone is 1. The van der Waals surface area contributed by atoms with Crippen LogP contribution in [0.25, 0.3) is 0 Å². The number of amides is 1. The van der Waals surface area contributed by atoms with Gasteiger partial charge in [0.1, 0.15) is 12.0 Å². The van der Waals surface area contributed by atoms with Crippen molar-refractivity contribution in [2.75, 3.05) is 20.1 Å². The van der Waals surface area contributed by atoms with Crippen LogP contribution in [0.3, 0.4) is 0 Å². The Labute approximate surface area is 105 Å². The summed E-state index contributed by atoms with van der Waals surface area (Å²) < 4.78 is 0. The quantitative estimate of drug-likeness (QED) is 0.502. The summed E-state index contributed by atoms with van der Waals surface area (Å²) in [7, 11) is 2.03. The van der Waals surface area contributed by atoms with E-state index in [1.54, 1.807) is 0 Å². The van der Waals surface area contributed by atoms with Gasteiger partial charge in [-0.3, -0.25) is 10.1 Å². The van der Waals surface area contributed by atoms with E-state index in [0.29, 0.717) is 12.8 Å². The fraction of sp³-hybridized carbons (Fsp3) is 0.583. The molecular weight excluding hydrogens is 232 g/mol. The minimum Gasteiger partial charge on any atom is -0.494 e. The van der Waals surface area contributed by atoms with Crippen molar-refractivity contribution in [3.8, 4) is 12.1 Å². The molecule has 1 atom stereocenters. The Kier molecular flexibility index (Phi) is 2.98. The molecule has 1 fully saturated rings. The lowest BCUT2D eigenvalue weighted by atomic mass is 9.63. The molecular formula is C12H15N4O2+. The zero-order valence-electron chi connectivity index (χ0n) is 10.2. The fourth-order valence-electron chi connectivity index (χ4n) is 2.89. The first-order valence-corrected chi connectivity index (χ1v) is 5.91. The lowest BCUT2D eigenvalue weighted by molar-refractivity contribution is -0.887. The second-order valence-electron chi connectivity index (χ2n) is 5.00. The highest BCUT2D eigenvalue weighted by Crippen LogP contribution is 2.45. The normalized spacial score (nSPS) is 35.8. The maximum atomic E-state index is 11.8. The van der Waals surface area contributed by atoms with Crippen molar-refractivity contribution < 1.29 is 14.8 Å². The average molecular weight is 247 g/mol. The highest BCUT2D eigenvalue weighted by atomic mass is 16.3. The van der Waals surface area contributed by atoms with E-state index >= 15 is 0 Å². The maximum Gasteiger partial charge on any atom is 0.245 e. The number of nitrogens with zero attached hydrogens (tertiary/aromatic N) is 2. The number of nitriles is 2. The Morgan fingerprint density at radius 2 is 2.06 bits per heavy atom. The summed E-state index contributed by atoms with van der Waals surface area (Å²) >= 11 is 0. The van der Waals surface area contributed by atoms with Crippen LogP contribution in [-0.4, -0.2) is 31.2 Å². The molecule has 1 spiro atoms. The third kappa shape index (κ3) is 1.62. The topological polar surface area (TPSA) is 101 Å². The molecule has 1 saturated heterocycles. The zero-order chi connectivity index (χ0) is 13.3. The molecule has 94 valence electrons. The summed E-state index contributed by atoms with van der Waals surface area (Å²) in [6, 6.07) is 3.96. The first-order chi connectivity index (χ1) is 8.55. The summed E-state index contributed by atoms with van der Waals surface area (Å²) in [6.07, 6.45) is 1.13. The number of hydrogen-bond acceptors (Lipinski definition) is 4. The van der Waals surface area contributed by atoms with Crippen LogP contribution in [0.2, 0.25) is 0 Å². The molecule has 18 heavy (non-hydrogen) atoms. The van der Waals surface area contributed by atoms with E-state index in [-0.39, 0.29) is 11.5 Å². The van der Waals surface area contributed by atoms with Crippen molar-refractivity contribution in [3.63, 3.8) is 0 Å². The van der Waals surface area contributed by atoms with Crippen LogP contribution in [0.1, 0.15) is 12.8 Å². The van der Waals surface area contributed by atoms with E-state index in [1.165, 1.54) is 4.90 Å². The molecule has 2 aliphatic heterocycles. The van der Waals surface area contributed by atoms with Gasteiger partial charge in [-0.05, 0) is 0 Å². The molecule has 3 N–H and O–H groups in total. The minimum absolute atomic E-state index is 0.154. The second kappa shape index (κ2) is 4.32. The number of carbonyl (C=O) groups excluding carboxylic acids is 1. The van der Waals surface area contributed by atoms with Crippen LogP contribution >= 0.6 is 0 Å². The number of nitrogens with one attached hydrogen (secondary N) is 2. The number of rotatable bonds is 0. The molecule has 0 aliphatic carbocycles. The number of piperidine rings is 1. The number of quaternary nitrogens is 1. The minimum atomic E-state index is -0.892. The van der Waals surface area contributed by atoms with Gasteiger partial charge in [0, 0.05) is 18.3 Å². The Bertz CT molecular complexity index is 489. The smallest absolute Gasteiger partial charge is 0.245 e. The van der Waals surface area contributed by atoms with Gasteiger partial charge in [0.25, 0.3) is 0 Å².